The lowest BCUT2D eigenvalue weighted by Gasteiger charge is -2.35. The molecule has 0 aromatic heterocycles. The van der Waals surface area contributed by atoms with Crippen LogP contribution in [0.25, 0.3) is 0 Å². The van der Waals surface area contributed by atoms with Gasteiger partial charge in [0, 0.05) is 39.3 Å². The maximum absolute atomic E-state index is 12.1. The van der Waals surface area contributed by atoms with E-state index in [1.54, 1.807) is 0 Å². The van der Waals surface area contributed by atoms with Crippen molar-refractivity contribution in [2.45, 2.75) is 46.0 Å². The van der Waals surface area contributed by atoms with Crippen LogP contribution in [0.1, 0.15) is 46.0 Å². The van der Waals surface area contributed by atoms with E-state index in [4.69, 9.17) is 0 Å². The minimum Gasteiger partial charge on any atom is -0.338 e. The Morgan fingerprint density at radius 3 is 2.40 bits per heavy atom. The van der Waals surface area contributed by atoms with Crippen molar-refractivity contribution in [1.29, 1.82) is 0 Å². The highest BCUT2D eigenvalue weighted by Gasteiger charge is 2.21. The predicted molar refractivity (Wildman–Crippen MR) is 82.8 cm³/mol. The molecule has 1 heterocycles. The van der Waals surface area contributed by atoms with E-state index < -0.39 is 0 Å². The summed E-state index contributed by atoms with van der Waals surface area (Å²) in [5.41, 5.74) is 0. The Morgan fingerprint density at radius 2 is 1.80 bits per heavy atom. The van der Waals surface area contributed by atoms with Crippen molar-refractivity contribution >= 4 is 6.03 Å². The zero-order valence-corrected chi connectivity index (χ0v) is 13.2. The Hall–Kier alpha value is -0.770. The van der Waals surface area contributed by atoms with Gasteiger partial charge in [-0.15, -0.1) is 0 Å². The van der Waals surface area contributed by atoms with E-state index >= 15 is 0 Å². The molecule has 4 nitrogen and oxygen atoms in total. The molecule has 0 spiro atoms. The lowest BCUT2D eigenvalue weighted by molar-refractivity contribution is 0.131. The van der Waals surface area contributed by atoms with Gasteiger partial charge in [-0.2, -0.15) is 0 Å². The maximum atomic E-state index is 12.1. The topological polar surface area (TPSA) is 35.6 Å². The van der Waals surface area contributed by atoms with E-state index in [1.807, 2.05) is 4.90 Å². The summed E-state index contributed by atoms with van der Waals surface area (Å²) in [5.74, 6) is 1.57. The number of amides is 2. The number of nitrogens with zero attached hydrogens (tertiary/aromatic N) is 2. The summed E-state index contributed by atoms with van der Waals surface area (Å²) in [5, 5.41) is 3.10. The Labute approximate surface area is 123 Å². The average molecular weight is 281 g/mol. The van der Waals surface area contributed by atoms with Gasteiger partial charge in [-0.3, -0.25) is 4.90 Å². The van der Waals surface area contributed by atoms with Crippen LogP contribution in [-0.4, -0.2) is 55.1 Å². The van der Waals surface area contributed by atoms with E-state index in [1.165, 1.54) is 32.1 Å². The van der Waals surface area contributed by atoms with E-state index in [9.17, 15) is 4.79 Å². The van der Waals surface area contributed by atoms with Crippen LogP contribution in [0, 0.1) is 11.8 Å². The Morgan fingerprint density at radius 1 is 1.15 bits per heavy atom. The number of hydrogen-bond donors (Lipinski definition) is 1. The van der Waals surface area contributed by atoms with Crippen LogP contribution < -0.4 is 5.32 Å². The van der Waals surface area contributed by atoms with Crippen molar-refractivity contribution in [3.8, 4) is 0 Å². The van der Waals surface area contributed by atoms with Crippen LogP contribution in [0.3, 0.4) is 0 Å². The zero-order valence-electron chi connectivity index (χ0n) is 13.2. The molecular formula is C16H31N3O. The van der Waals surface area contributed by atoms with Crippen LogP contribution >= 0.6 is 0 Å². The molecule has 1 saturated carbocycles. The molecule has 0 atom stereocenters. The second kappa shape index (κ2) is 7.87. The second-order valence-corrected chi connectivity index (χ2v) is 6.85. The molecule has 4 heteroatoms. The predicted octanol–water partition coefficient (Wildman–Crippen LogP) is 2.55. The van der Waals surface area contributed by atoms with Crippen molar-refractivity contribution in [1.82, 2.24) is 15.1 Å². The van der Waals surface area contributed by atoms with Crippen molar-refractivity contribution in [2.24, 2.45) is 11.8 Å². The van der Waals surface area contributed by atoms with Gasteiger partial charge in [0.15, 0.2) is 0 Å². The van der Waals surface area contributed by atoms with Crippen molar-refractivity contribution in [3.05, 3.63) is 0 Å². The van der Waals surface area contributed by atoms with Crippen molar-refractivity contribution in [3.63, 3.8) is 0 Å². The third kappa shape index (κ3) is 4.97. The SMILES string of the molecule is CC(C)CN1CCN(C(=O)NCCC2CCCC2)CC1. The Balaban J connectivity index is 1.59. The van der Waals surface area contributed by atoms with Crippen LogP contribution in [0.15, 0.2) is 0 Å². The van der Waals surface area contributed by atoms with Crippen molar-refractivity contribution in [2.75, 3.05) is 39.3 Å². The second-order valence-electron chi connectivity index (χ2n) is 6.85. The van der Waals surface area contributed by atoms with Gasteiger partial charge in [0.2, 0.25) is 0 Å². The fraction of sp³-hybridized carbons (Fsp3) is 0.938. The molecule has 0 aromatic carbocycles. The number of rotatable bonds is 5. The normalized spacial score (nSPS) is 21.6. The first-order chi connectivity index (χ1) is 9.65. The molecule has 2 rings (SSSR count). The summed E-state index contributed by atoms with van der Waals surface area (Å²) in [4.78, 5) is 16.5. The molecule has 0 bridgehead atoms. The van der Waals surface area contributed by atoms with Gasteiger partial charge in [-0.05, 0) is 18.3 Å². The Bertz CT molecular complexity index is 292. The monoisotopic (exact) mass is 281 g/mol. The molecule has 0 radical (unpaired) electrons. The summed E-state index contributed by atoms with van der Waals surface area (Å²) in [6.07, 6.45) is 6.67. The molecule has 2 fully saturated rings. The number of carbonyl (C=O) groups excluding carboxylic acids is 1. The molecule has 2 aliphatic rings. The number of urea groups is 1. The van der Waals surface area contributed by atoms with E-state index in [0.29, 0.717) is 5.92 Å². The van der Waals surface area contributed by atoms with Gasteiger partial charge in [0.05, 0.1) is 0 Å². The molecule has 20 heavy (non-hydrogen) atoms. The highest BCUT2D eigenvalue weighted by molar-refractivity contribution is 5.74. The number of hydrogen-bond acceptors (Lipinski definition) is 2. The van der Waals surface area contributed by atoms with Gasteiger partial charge in [0.1, 0.15) is 0 Å². The molecule has 1 N–H and O–H groups in total. The van der Waals surface area contributed by atoms with E-state index in [2.05, 4.69) is 24.1 Å². The average Bonchev–Trinajstić information content (AvgIpc) is 2.92. The summed E-state index contributed by atoms with van der Waals surface area (Å²) in [6, 6.07) is 0.146. The molecular weight excluding hydrogens is 250 g/mol. The maximum Gasteiger partial charge on any atom is 0.317 e. The first kappa shape index (κ1) is 15.6. The fourth-order valence-corrected chi connectivity index (χ4v) is 3.44. The standard InChI is InChI=1S/C16H31N3O/c1-14(2)13-18-9-11-19(12-10-18)16(20)17-8-7-15-5-3-4-6-15/h14-15H,3-13H2,1-2H3,(H,17,20). The van der Waals surface area contributed by atoms with Crippen LogP contribution in [-0.2, 0) is 0 Å². The largest absolute Gasteiger partial charge is 0.338 e. The molecule has 2 amide bonds. The number of nitrogens with one attached hydrogen (secondary N) is 1. The number of piperazine rings is 1. The number of carbonyl (C=O) groups is 1. The minimum atomic E-state index is 0.146. The van der Waals surface area contributed by atoms with Gasteiger partial charge < -0.3 is 10.2 Å². The third-order valence-electron chi connectivity index (χ3n) is 4.59. The molecule has 0 unspecified atom stereocenters. The van der Waals surface area contributed by atoms with Crippen LogP contribution in [0.5, 0.6) is 0 Å². The smallest absolute Gasteiger partial charge is 0.317 e. The van der Waals surface area contributed by atoms with Gasteiger partial charge in [-0.25, -0.2) is 4.79 Å². The van der Waals surface area contributed by atoms with Crippen LogP contribution in [0.4, 0.5) is 4.79 Å². The van der Waals surface area contributed by atoms with Crippen LogP contribution in [0.2, 0.25) is 0 Å². The highest BCUT2D eigenvalue weighted by Crippen LogP contribution is 2.26. The summed E-state index contributed by atoms with van der Waals surface area (Å²) in [6.45, 7) is 10.3. The summed E-state index contributed by atoms with van der Waals surface area (Å²) in [7, 11) is 0. The molecule has 1 aliphatic carbocycles. The first-order valence-corrected chi connectivity index (χ1v) is 8.40. The highest BCUT2D eigenvalue weighted by atomic mass is 16.2. The molecule has 1 saturated heterocycles. The lowest BCUT2D eigenvalue weighted by Crippen LogP contribution is -2.52. The summed E-state index contributed by atoms with van der Waals surface area (Å²) >= 11 is 0. The minimum absolute atomic E-state index is 0.146. The van der Waals surface area contributed by atoms with Gasteiger partial charge in [-0.1, -0.05) is 39.5 Å². The quantitative estimate of drug-likeness (QED) is 0.840. The third-order valence-corrected chi connectivity index (χ3v) is 4.59. The molecule has 1 aliphatic heterocycles. The lowest BCUT2D eigenvalue weighted by atomic mass is 10.0. The van der Waals surface area contributed by atoms with Crippen molar-refractivity contribution < 1.29 is 4.79 Å². The van der Waals surface area contributed by atoms with Gasteiger partial charge in [0.25, 0.3) is 0 Å². The van der Waals surface area contributed by atoms with Gasteiger partial charge >= 0.3 is 6.03 Å². The Kier molecular flexibility index (Phi) is 6.14. The summed E-state index contributed by atoms with van der Waals surface area (Å²) < 4.78 is 0. The fourth-order valence-electron chi connectivity index (χ4n) is 3.44. The molecule has 116 valence electrons. The first-order valence-electron chi connectivity index (χ1n) is 8.40. The van der Waals surface area contributed by atoms with E-state index in [0.717, 1.165) is 45.2 Å². The zero-order chi connectivity index (χ0) is 14.4. The van der Waals surface area contributed by atoms with E-state index in [-0.39, 0.29) is 6.03 Å². The molecule has 0 aromatic rings.